The van der Waals surface area contributed by atoms with Gasteiger partial charge in [0.25, 0.3) is 0 Å². The molecule has 2 nitrogen and oxygen atoms in total. The molecule has 2 aliphatic carbocycles. The average molecular weight is 755 g/mol. The summed E-state index contributed by atoms with van der Waals surface area (Å²) in [5.74, 6) is 1.41. The lowest BCUT2D eigenvalue weighted by Crippen LogP contribution is -2.08. The summed E-state index contributed by atoms with van der Waals surface area (Å²) in [4.78, 5) is 0. The minimum absolute atomic E-state index is 0.705. The van der Waals surface area contributed by atoms with Gasteiger partial charge in [-0.2, -0.15) is 0 Å². The van der Waals surface area contributed by atoms with Gasteiger partial charge in [-0.1, -0.05) is 123 Å². The molecule has 2 saturated carbocycles. The van der Waals surface area contributed by atoms with Gasteiger partial charge < -0.3 is 9.13 Å². The number of fused-ring (bicyclic) bond motifs is 9. The Kier molecular flexibility index (Phi) is 7.93. The fraction of sp³-hybridized carbons (Fsp3) is 0.222. The number of aromatic nitrogens is 2. The molecule has 0 unspecified atom stereocenters. The van der Waals surface area contributed by atoms with E-state index in [4.69, 9.17) is 0 Å². The standard InChI is InChI=1S/C54H46N2S/c1-3-14-35(15-4-1)38-30-39(36-16-5-2-6-17-36)32-40(31-38)37-26-28-52-45(33-37)46-34-41(27-29-53(46)57-52)55-49-23-12-9-20-44(49)54-50(55)24-13-25-51(54)56-47-21-10-7-18-42(47)43-19-8-11-22-48(43)56/h7-13,18-36H,1-6,14-17H2. The Morgan fingerprint density at radius 1 is 0.386 bits per heavy atom. The first-order valence-electron chi connectivity index (χ1n) is 21.4. The zero-order chi connectivity index (χ0) is 37.5. The van der Waals surface area contributed by atoms with Crippen molar-refractivity contribution >= 4 is 75.1 Å². The molecule has 0 N–H and O–H groups in total. The lowest BCUT2D eigenvalue weighted by atomic mass is 9.78. The van der Waals surface area contributed by atoms with Crippen molar-refractivity contribution in [2.75, 3.05) is 0 Å². The molecule has 3 heteroatoms. The van der Waals surface area contributed by atoms with Crippen molar-refractivity contribution in [3.8, 4) is 22.5 Å². The third-order valence-electron chi connectivity index (χ3n) is 13.7. The Labute approximate surface area is 338 Å². The van der Waals surface area contributed by atoms with Gasteiger partial charge >= 0.3 is 0 Å². The molecule has 2 fully saturated rings. The quantitative estimate of drug-likeness (QED) is 0.166. The van der Waals surface area contributed by atoms with Gasteiger partial charge in [-0.15, -0.1) is 11.3 Å². The smallest absolute Gasteiger partial charge is 0.0562 e. The van der Waals surface area contributed by atoms with E-state index in [0.29, 0.717) is 11.8 Å². The van der Waals surface area contributed by atoms with E-state index < -0.39 is 0 Å². The fourth-order valence-electron chi connectivity index (χ4n) is 10.9. The highest BCUT2D eigenvalue weighted by Gasteiger charge is 2.23. The maximum Gasteiger partial charge on any atom is 0.0562 e. The van der Waals surface area contributed by atoms with Crippen LogP contribution in [0.2, 0.25) is 0 Å². The van der Waals surface area contributed by atoms with Crippen LogP contribution in [0.1, 0.15) is 87.2 Å². The lowest BCUT2D eigenvalue weighted by molar-refractivity contribution is 0.435. The Hall–Kier alpha value is -5.64. The molecule has 0 amide bonds. The second-order valence-electron chi connectivity index (χ2n) is 16.9. The van der Waals surface area contributed by atoms with Crippen molar-refractivity contribution in [3.63, 3.8) is 0 Å². The first kappa shape index (κ1) is 33.5. The molecule has 10 aromatic rings. The summed E-state index contributed by atoms with van der Waals surface area (Å²) in [5, 5.41) is 7.83. The molecule has 57 heavy (non-hydrogen) atoms. The topological polar surface area (TPSA) is 9.86 Å². The van der Waals surface area contributed by atoms with E-state index in [1.807, 2.05) is 11.3 Å². The summed E-state index contributed by atoms with van der Waals surface area (Å²) >= 11 is 1.92. The van der Waals surface area contributed by atoms with Gasteiger partial charge in [0.1, 0.15) is 0 Å². The van der Waals surface area contributed by atoms with E-state index in [1.54, 1.807) is 11.1 Å². The number of para-hydroxylation sites is 3. The summed E-state index contributed by atoms with van der Waals surface area (Å²) in [6.45, 7) is 0. The van der Waals surface area contributed by atoms with Crippen LogP contribution in [0.15, 0.2) is 146 Å². The van der Waals surface area contributed by atoms with Crippen molar-refractivity contribution in [1.29, 1.82) is 0 Å². The minimum Gasteiger partial charge on any atom is -0.309 e. The molecule has 2 aliphatic rings. The van der Waals surface area contributed by atoms with Crippen LogP contribution < -0.4 is 0 Å². The summed E-state index contributed by atoms with van der Waals surface area (Å²) in [6, 6.07) is 55.7. The molecular formula is C54H46N2S. The van der Waals surface area contributed by atoms with Gasteiger partial charge in [0.15, 0.2) is 0 Å². The Balaban J connectivity index is 1.03. The van der Waals surface area contributed by atoms with Crippen LogP contribution in [-0.2, 0) is 0 Å². The number of thiophene rings is 1. The van der Waals surface area contributed by atoms with Gasteiger partial charge in [-0.05, 0) is 120 Å². The van der Waals surface area contributed by atoms with Crippen molar-refractivity contribution in [2.24, 2.45) is 0 Å². The van der Waals surface area contributed by atoms with Crippen LogP contribution in [0.4, 0.5) is 0 Å². The van der Waals surface area contributed by atoms with Gasteiger partial charge in [0, 0.05) is 47.4 Å². The van der Waals surface area contributed by atoms with Crippen LogP contribution in [0.5, 0.6) is 0 Å². The first-order chi connectivity index (χ1) is 28.3. The summed E-state index contributed by atoms with van der Waals surface area (Å²) < 4.78 is 7.68. The molecule has 278 valence electrons. The average Bonchev–Trinajstić information content (AvgIpc) is 3.94. The predicted octanol–water partition coefficient (Wildman–Crippen LogP) is 16.0. The molecule has 0 aliphatic heterocycles. The number of rotatable bonds is 5. The molecule has 3 heterocycles. The fourth-order valence-corrected chi connectivity index (χ4v) is 12.0. The molecular weight excluding hydrogens is 709 g/mol. The predicted molar refractivity (Wildman–Crippen MR) is 245 cm³/mol. The van der Waals surface area contributed by atoms with E-state index in [0.717, 1.165) is 0 Å². The lowest BCUT2D eigenvalue weighted by Gasteiger charge is -2.27. The molecule has 7 aromatic carbocycles. The number of hydrogen-bond donors (Lipinski definition) is 0. The van der Waals surface area contributed by atoms with Gasteiger partial charge in [0.05, 0.1) is 27.8 Å². The zero-order valence-corrected chi connectivity index (χ0v) is 33.2. The third kappa shape index (κ3) is 5.42. The highest BCUT2D eigenvalue weighted by Crippen LogP contribution is 2.44. The Morgan fingerprint density at radius 2 is 0.930 bits per heavy atom. The minimum atomic E-state index is 0.705. The second-order valence-corrected chi connectivity index (χ2v) is 18.0. The van der Waals surface area contributed by atoms with Gasteiger partial charge in [-0.25, -0.2) is 0 Å². The second kappa shape index (κ2) is 13.5. The van der Waals surface area contributed by atoms with E-state index in [1.165, 1.54) is 150 Å². The van der Waals surface area contributed by atoms with Crippen LogP contribution in [0.25, 0.3) is 86.3 Å². The summed E-state index contributed by atoms with van der Waals surface area (Å²) in [7, 11) is 0. The zero-order valence-electron chi connectivity index (χ0n) is 32.4. The Bertz CT molecular complexity index is 3070. The van der Waals surface area contributed by atoms with Gasteiger partial charge in [-0.3, -0.25) is 0 Å². The highest BCUT2D eigenvalue weighted by atomic mass is 32.1. The summed E-state index contributed by atoms with van der Waals surface area (Å²) in [5.41, 5.74) is 13.3. The maximum absolute atomic E-state index is 2.62. The van der Waals surface area contributed by atoms with Gasteiger partial charge in [0.2, 0.25) is 0 Å². The van der Waals surface area contributed by atoms with E-state index in [-0.39, 0.29) is 0 Å². The molecule has 3 aromatic heterocycles. The van der Waals surface area contributed by atoms with Crippen LogP contribution in [0, 0.1) is 0 Å². The molecule has 0 saturated heterocycles. The van der Waals surface area contributed by atoms with Crippen molar-refractivity contribution in [1.82, 2.24) is 9.13 Å². The van der Waals surface area contributed by atoms with E-state index in [9.17, 15) is 0 Å². The molecule has 0 radical (unpaired) electrons. The van der Waals surface area contributed by atoms with Crippen molar-refractivity contribution < 1.29 is 0 Å². The normalized spacial score (nSPS) is 15.9. The molecule has 0 atom stereocenters. The monoisotopic (exact) mass is 754 g/mol. The highest BCUT2D eigenvalue weighted by molar-refractivity contribution is 7.25. The van der Waals surface area contributed by atoms with Crippen LogP contribution >= 0.6 is 11.3 Å². The molecule has 0 spiro atoms. The first-order valence-corrected chi connectivity index (χ1v) is 22.2. The largest absolute Gasteiger partial charge is 0.309 e. The SMILES string of the molecule is c1ccc2c(c1)c1ccccc1n2-c1cccc2c1c1ccccc1n2-c1ccc2sc3ccc(-c4cc(C5CCCCC5)cc(C5CCCCC5)c4)cc3c2c1. The van der Waals surface area contributed by atoms with Crippen LogP contribution in [0.3, 0.4) is 0 Å². The van der Waals surface area contributed by atoms with Crippen molar-refractivity contribution in [3.05, 3.63) is 157 Å². The number of benzene rings is 7. The Morgan fingerprint density at radius 3 is 1.58 bits per heavy atom. The molecule has 12 rings (SSSR count). The van der Waals surface area contributed by atoms with E-state index >= 15 is 0 Å². The third-order valence-corrected chi connectivity index (χ3v) is 14.8. The number of nitrogens with zero attached hydrogens (tertiary/aromatic N) is 2. The maximum atomic E-state index is 2.62. The summed E-state index contributed by atoms with van der Waals surface area (Å²) in [6.07, 6.45) is 13.6. The van der Waals surface area contributed by atoms with Crippen LogP contribution in [-0.4, -0.2) is 9.13 Å². The van der Waals surface area contributed by atoms with Crippen molar-refractivity contribution in [2.45, 2.75) is 76.0 Å². The molecule has 0 bridgehead atoms. The number of hydrogen-bond acceptors (Lipinski definition) is 1. The van der Waals surface area contributed by atoms with E-state index in [2.05, 4.69) is 155 Å².